The summed E-state index contributed by atoms with van der Waals surface area (Å²) in [7, 11) is 1.49. The molecule has 1 aromatic heterocycles. The Morgan fingerprint density at radius 2 is 2.33 bits per heavy atom. The van der Waals surface area contributed by atoms with Crippen molar-refractivity contribution in [1.29, 1.82) is 0 Å². The van der Waals surface area contributed by atoms with Gasteiger partial charge in [-0.05, 0) is 6.92 Å². The minimum Gasteiger partial charge on any atom is -0.380 e. The summed E-state index contributed by atoms with van der Waals surface area (Å²) in [5.74, 6) is -0.385. The molecule has 1 aromatic rings. The van der Waals surface area contributed by atoms with Crippen molar-refractivity contribution in [3.05, 3.63) is 28.3 Å². The topological polar surface area (TPSA) is 22.1 Å². The Balaban J connectivity index is 3.14. The summed E-state index contributed by atoms with van der Waals surface area (Å²) in [5.41, 5.74) is 0.707. The first-order valence-electron chi connectivity index (χ1n) is 3.45. The number of rotatable bonds is 2. The van der Waals surface area contributed by atoms with Gasteiger partial charge in [-0.2, -0.15) is 0 Å². The van der Waals surface area contributed by atoms with E-state index in [1.165, 1.54) is 13.3 Å². The van der Waals surface area contributed by atoms with E-state index in [2.05, 4.69) is 4.98 Å². The van der Waals surface area contributed by atoms with E-state index in [1.807, 2.05) is 0 Å². The maximum Gasteiger partial charge on any atom is 0.151 e. The largest absolute Gasteiger partial charge is 0.380 e. The van der Waals surface area contributed by atoms with Crippen LogP contribution in [0.5, 0.6) is 0 Å². The van der Waals surface area contributed by atoms with Gasteiger partial charge in [-0.1, -0.05) is 11.6 Å². The molecule has 0 unspecified atom stereocenters. The lowest BCUT2D eigenvalue weighted by Crippen LogP contribution is -1.98. The average Bonchev–Trinajstić information content (AvgIpc) is 2.06. The normalized spacial score (nSPS) is 10.3. The number of ether oxygens (including phenoxy) is 1. The molecule has 1 rings (SSSR count). The van der Waals surface area contributed by atoms with E-state index >= 15 is 0 Å². The Morgan fingerprint density at radius 3 is 2.92 bits per heavy atom. The number of hydrogen-bond acceptors (Lipinski definition) is 2. The van der Waals surface area contributed by atoms with E-state index in [9.17, 15) is 4.39 Å². The monoisotopic (exact) mass is 189 g/mol. The highest BCUT2D eigenvalue weighted by Crippen LogP contribution is 2.20. The molecular weight excluding hydrogens is 181 g/mol. The number of methoxy groups -OCH3 is 1. The fourth-order valence-electron chi connectivity index (χ4n) is 0.888. The second-order valence-corrected chi connectivity index (χ2v) is 2.82. The predicted octanol–water partition coefficient (Wildman–Crippen LogP) is 2.33. The van der Waals surface area contributed by atoms with Gasteiger partial charge < -0.3 is 4.74 Å². The van der Waals surface area contributed by atoms with E-state index in [4.69, 9.17) is 16.3 Å². The number of aryl methyl sites for hydroxylation is 1. The van der Waals surface area contributed by atoms with E-state index in [-0.39, 0.29) is 12.4 Å². The summed E-state index contributed by atoms with van der Waals surface area (Å²) in [6.07, 6.45) is 1.42. The average molecular weight is 190 g/mol. The van der Waals surface area contributed by atoms with Gasteiger partial charge in [0.15, 0.2) is 5.82 Å². The second-order valence-electron chi connectivity index (χ2n) is 2.42. The first-order valence-corrected chi connectivity index (χ1v) is 3.83. The number of pyridine rings is 1. The zero-order chi connectivity index (χ0) is 9.14. The molecule has 0 spiro atoms. The van der Waals surface area contributed by atoms with Gasteiger partial charge >= 0.3 is 0 Å². The lowest BCUT2D eigenvalue weighted by molar-refractivity contribution is 0.181. The molecule has 0 aliphatic heterocycles. The van der Waals surface area contributed by atoms with Crippen molar-refractivity contribution >= 4 is 11.6 Å². The summed E-state index contributed by atoms with van der Waals surface area (Å²) in [5, 5.41) is 0.306. The van der Waals surface area contributed by atoms with Gasteiger partial charge in [0.2, 0.25) is 0 Å². The van der Waals surface area contributed by atoms with Gasteiger partial charge in [0, 0.05) is 18.9 Å². The molecule has 0 aliphatic rings. The molecule has 0 amide bonds. The predicted molar refractivity (Wildman–Crippen MR) is 44.7 cm³/mol. The van der Waals surface area contributed by atoms with Crippen LogP contribution in [0.3, 0.4) is 0 Å². The number of hydrogen-bond donors (Lipinski definition) is 0. The molecule has 0 aliphatic carbocycles. The van der Waals surface area contributed by atoms with Crippen molar-refractivity contribution in [2.75, 3.05) is 7.11 Å². The van der Waals surface area contributed by atoms with Crippen LogP contribution in [0.25, 0.3) is 0 Å². The van der Waals surface area contributed by atoms with Crippen molar-refractivity contribution < 1.29 is 9.13 Å². The molecule has 12 heavy (non-hydrogen) atoms. The molecule has 66 valence electrons. The maximum atomic E-state index is 13.2. The minimum atomic E-state index is -0.385. The Kier molecular flexibility index (Phi) is 3.00. The van der Waals surface area contributed by atoms with Crippen molar-refractivity contribution in [3.63, 3.8) is 0 Å². The van der Waals surface area contributed by atoms with Gasteiger partial charge in [0.25, 0.3) is 0 Å². The van der Waals surface area contributed by atoms with Gasteiger partial charge in [0.1, 0.15) is 0 Å². The van der Waals surface area contributed by atoms with Crippen LogP contribution in [0.2, 0.25) is 5.02 Å². The molecule has 0 atom stereocenters. The first-order chi connectivity index (χ1) is 5.66. The number of halogens is 2. The van der Waals surface area contributed by atoms with E-state index < -0.39 is 0 Å². The Labute approximate surface area is 75.3 Å². The van der Waals surface area contributed by atoms with Crippen LogP contribution >= 0.6 is 11.6 Å². The molecule has 4 heteroatoms. The van der Waals surface area contributed by atoms with Gasteiger partial charge in [-0.25, -0.2) is 4.39 Å². The van der Waals surface area contributed by atoms with Crippen LogP contribution in [0.4, 0.5) is 4.39 Å². The molecular formula is C8H9ClFNO. The summed E-state index contributed by atoms with van der Waals surface area (Å²) in [4.78, 5) is 3.76. The Hall–Kier alpha value is -0.670. The highest BCUT2D eigenvalue weighted by Gasteiger charge is 2.10. The van der Waals surface area contributed by atoms with Crippen LogP contribution in [0, 0.1) is 12.7 Å². The zero-order valence-corrected chi connectivity index (χ0v) is 7.65. The third kappa shape index (κ3) is 1.73. The second kappa shape index (κ2) is 3.83. The fraction of sp³-hybridized carbons (Fsp3) is 0.375. The highest BCUT2D eigenvalue weighted by atomic mass is 35.5. The zero-order valence-electron chi connectivity index (χ0n) is 6.90. The molecule has 2 nitrogen and oxygen atoms in total. The summed E-state index contributed by atoms with van der Waals surface area (Å²) >= 11 is 5.70. The van der Waals surface area contributed by atoms with Crippen LogP contribution in [0.1, 0.15) is 11.3 Å². The van der Waals surface area contributed by atoms with Crippen LogP contribution in [-0.4, -0.2) is 12.1 Å². The van der Waals surface area contributed by atoms with E-state index in [1.54, 1.807) is 6.92 Å². The van der Waals surface area contributed by atoms with Gasteiger partial charge in [0.05, 0.1) is 17.3 Å². The van der Waals surface area contributed by atoms with Crippen molar-refractivity contribution in [1.82, 2.24) is 4.98 Å². The maximum absolute atomic E-state index is 13.2. The fourth-order valence-corrected chi connectivity index (χ4v) is 1.07. The molecule has 0 radical (unpaired) electrons. The summed E-state index contributed by atoms with van der Waals surface area (Å²) in [6.45, 7) is 1.76. The lowest BCUT2D eigenvalue weighted by Gasteiger charge is -2.05. The molecule has 0 aromatic carbocycles. The van der Waals surface area contributed by atoms with Gasteiger partial charge in [-0.15, -0.1) is 0 Å². The number of aromatic nitrogens is 1. The summed E-state index contributed by atoms with van der Waals surface area (Å²) < 4.78 is 18.0. The first kappa shape index (κ1) is 9.42. The molecule has 0 bridgehead atoms. The third-order valence-electron chi connectivity index (χ3n) is 1.53. The number of nitrogens with zero attached hydrogens (tertiary/aromatic N) is 1. The van der Waals surface area contributed by atoms with Crippen molar-refractivity contribution in [3.8, 4) is 0 Å². The van der Waals surface area contributed by atoms with Crippen LogP contribution < -0.4 is 0 Å². The van der Waals surface area contributed by atoms with Crippen LogP contribution in [-0.2, 0) is 11.3 Å². The van der Waals surface area contributed by atoms with Crippen molar-refractivity contribution in [2.45, 2.75) is 13.5 Å². The standard InChI is InChI=1S/C8H9ClFNO/c1-5-8(10)6(4-12-2)7(9)3-11-5/h3H,4H2,1-2H3. The minimum absolute atomic E-state index is 0.175. The van der Waals surface area contributed by atoms with Gasteiger partial charge in [-0.3, -0.25) is 4.98 Å². The Morgan fingerprint density at radius 1 is 1.67 bits per heavy atom. The summed E-state index contributed by atoms with van der Waals surface area (Å²) in [6, 6.07) is 0. The molecule has 0 fully saturated rings. The smallest absolute Gasteiger partial charge is 0.151 e. The van der Waals surface area contributed by atoms with Crippen LogP contribution in [0.15, 0.2) is 6.20 Å². The quantitative estimate of drug-likeness (QED) is 0.713. The SMILES string of the molecule is COCc1c(Cl)cnc(C)c1F. The third-order valence-corrected chi connectivity index (χ3v) is 1.86. The highest BCUT2D eigenvalue weighted by molar-refractivity contribution is 6.31. The lowest BCUT2D eigenvalue weighted by atomic mass is 10.2. The molecule has 0 saturated carbocycles. The molecule has 1 heterocycles. The van der Waals surface area contributed by atoms with E-state index in [0.29, 0.717) is 16.3 Å². The molecule has 0 saturated heterocycles. The van der Waals surface area contributed by atoms with Crippen molar-refractivity contribution in [2.24, 2.45) is 0 Å². The Bertz CT molecular complexity index is 291. The van der Waals surface area contributed by atoms with E-state index in [0.717, 1.165) is 0 Å². The molecule has 0 N–H and O–H groups in total.